The van der Waals surface area contributed by atoms with Crippen LogP contribution in [-0.2, 0) is 10.8 Å². The second-order valence-electron chi connectivity index (χ2n) is 18.8. The molecule has 1 heterocycles. The minimum atomic E-state index is 0.109. The number of rotatable bonds is 6. The van der Waals surface area contributed by atoms with Crippen molar-refractivity contribution in [1.29, 1.82) is 0 Å². The minimum absolute atomic E-state index is 0.109. The Morgan fingerprint density at radius 3 is 1.40 bits per heavy atom. The predicted octanol–water partition coefficient (Wildman–Crippen LogP) is 15.7. The molecule has 1 saturated carbocycles. The molecule has 1 aromatic heterocycles. The summed E-state index contributed by atoms with van der Waals surface area (Å²) in [5.74, 6) is 0.933. The summed E-state index contributed by atoms with van der Waals surface area (Å²) in [6.45, 7) is 4.92. The molecular weight excluding hydrogens is 761 g/mol. The quantitative estimate of drug-likeness (QED) is 0.167. The number of nitrogens with zero attached hydrogens (tertiary/aromatic N) is 2. The van der Waals surface area contributed by atoms with Crippen LogP contribution in [-0.4, -0.2) is 9.97 Å². The number of aromatic nitrogens is 2. The standard InChI is InChI=1S/C61H50N2/c1-60(2)52-24-14-13-23-48(52)50-39-55-51(38-53(50)60)49-34-33-47(37-54(49)61(55)35-15-6-16-36-61)42-27-25-40(26-28-42)41-29-31-46(32-30-41)59-58(45-21-11-5-12-22-45)62-56(43-17-7-3-8-18-43)57(63-59)44-19-9-4-10-20-44/h3-5,7-14,17-34,37-39,50,53H,6,15-16,35-36H2,1-2H3. The first-order valence-corrected chi connectivity index (χ1v) is 22.9. The Balaban J connectivity index is 0.884. The van der Waals surface area contributed by atoms with E-state index in [0.29, 0.717) is 11.8 Å². The van der Waals surface area contributed by atoms with Crippen molar-refractivity contribution in [3.63, 3.8) is 0 Å². The van der Waals surface area contributed by atoms with Gasteiger partial charge in [-0.05, 0) is 85.9 Å². The molecule has 2 heteroatoms. The van der Waals surface area contributed by atoms with Crippen molar-refractivity contribution < 1.29 is 0 Å². The zero-order valence-corrected chi connectivity index (χ0v) is 36.1. The van der Waals surface area contributed by atoms with Crippen LogP contribution in [0.4, 0.5) is 0 Å². The van der Waals surface area contributed by atoms with Crippen LogP contribution < -0.4 is 0 Å². The normalized spacial score (nSPS) is 18.8. The lowest BCUT2D eigenvalue weighted by Gasteiger charge is -2.39. The van der Waals surface area contributed by atoms with E-state index in [0.717, 1.165) is 45.0 Å². The molecule has 2 atom stereocenters. The van der Waals surface area contributed by atoms with Gasteiger partial charge in [-0.3, -0.25) is 0 Å². The van der Waals surface area contributed by atoms with Gasteiger partial charge >= 0.3 is 0 Å². The zero-order valence-electron chi connectivity index (χ0n) is 36.1. The van der Waals surface area contributed by atoms with Gasteiger partial charge < -0.3 is 0 Å². The lowest BCUT2D eigenvalue weighted by molar-refractivity contribution is 0.345. The van der Waals surface area contributed by atoms with Gasteiger partial charge in [0.2, 0.25) is 0 Å². The molecule has 0 radical (unpaired) electrons. The van der Waals surface area contributed by atoms with E-state index in [1.165, 1.54) is 76.6 Å². The third-order valence-corrected chi connectivity index (χ3v) is 15.0. The molecule has 304 valence electrons. The van der Waals surface area contributed by atoms with Crippen molar-refractivity contribution in [3.8, 4) is 67.3 Å². The van der Waals surface area contributed by atoms with Gasteiger partial charge in [0.1, 0.15) is 0 Å². The van der Waals surface area contributed by atoms with Gasteiger partial charge in [-0.1, -0.05) is 221 Å². The van der Waals surface area contributed by atoms with E-state index >= 15 is 0 Å². The highest BCUT2D eigenvalue weighted by molar-refractivity contribution is 5.93. The number of hydrogen-bond acceptors (Lipinski definition) is 2. The summed E-state index contributed by atoms with van der Waals surface area (Å²) in [6.07, 6.45) is 11.8. The van der Waals surface area contributed by atoms with Gasteiger partial charge in [-0.25, -0.2) is 9.97 Å². The van der Waals surface area contributed by atoms with Crippen LogP contribution in [0.3, 0.4) is 0 Å². The monoisotopic (exact) mass is 810 g/mol. The number of fused-ring (bicyclic) bond motifs is 8. The maximum absolute atomic E-state index is 5.45. The SMILES string of the molecule is CC1(C)c2ccccc2C2C=C3C(=CC21)c1ccc(-c2ccc(-c4ccc(-c5nc(-c6ccccc6)c(-c6ccccc6)nc5-c5ccccc5)cc4)cc2)cc1C31CCCCC1. The second-order valence-corrected chi connectivity index (χ2v) is 18.8. The highest BCUT2D eigenvalue weighted by atomic mass is 14.9. The summed E-state index contributed by atoms with van der Waals surface area (Å²) >= 11 is 0. The van der Waals surface area contributed by atoms with Crippen LogP contribution in [0.5, 0.6) is 0 Å². The maximum Gasteiger partial charge on any atom is 0.0973 e. The summed E-state index contributed by atoms with van der Waals surface area (Å²) < 4.78 is 0. The lowest BCUT2D eigenvalue weighted by Crippen LogP contribution is -2.31. The molecule has 0 N–H and O–H groups in total. The van der Waals surface area contributed by atoms with E-state index in [4.69, 9.17) is 9.97 Å². The summed E-state index contributed by atoms with van der Waals surface area (Å²) in [6, 6.07) is 66.0. The van der Waals surface area contributed by atoms with Crippen LogP contribution in [0.25, 0.3) is 72.9 Å². The molecule has 4 aliphatic carbocycles. The molecule has 63 heavy (non-hydrogen) atoms. The molecule has 0 bridgehead atoms. The van der Waals surface area contributed by atoms with Crippen molar-refractivity contribution >= 4 is 5.57 Å². The third kappa shape index (κ3) is 6.14. The number of hydrogen-bond donors (Lipinski definition) is 0. The maximum atomic E-state index is 5.45. The Morgan fingerprint density at radius 1 is 0.413 bits per heavy atom. The van der Waals surface area contributed by atoms with Gasteiger partial charge in [0.15, 0.2) is 0 Å². The Bertz CT molecular complexity index is 3080. The first kappa shape index (κ1) is 37.8. The van der Waals surface area contributed by atoms with Gasteiger partial charge in [-0.15, -0.1) is 0 Å². The molecular formula is C61H50N2. The molecule has 12 rings (SSSR count). The average Bonchev–Trinajstić information content (AvgIpc) is 3.74. The Labute approximate surface area is 371 Å². The molecule has 1 spiro atoms. The fourth-order valence-corrected chi connectivity index (χ4v) is 11.8. The van der Waals surface area contributed by atoms with E-state index < -0.39 is 0 Å². The molecule has 2 nitrogen and oxygen atoms in total. The molecule has 8 aromatic rings. The van der Waals surface area contributed by atoms with E-state index in [-0.39, 0.29) is 10.8 Å². The Kier molecular flexibility index (Phi) is 8.94. The molecule has 4 aliphatic rings. The van der Waals surface area contributed by atoms with Crippen LogP contribution in [0.2, 0.25) is 0 Å². The largest absolute Gasteiger partial charge is 0.243 e. The van der Waals surface area contributed by atoms with E-state index in [2.05, 4.69) is 196 Å². The van der Waals surface area contributed by atoms with Crippen molar-refractivity contribution in [1.82, 2.24) is 9.97 Å². The zero-order chi connectivity index (χ0) is 42.1. The third-order valence-electron chi connectivity index (χ3n) is 15.0. The Morgan fingerprint density at radius 2 is 0.857 bits per heavy atom. The topological polar surface area (TPSA) is 25.8 Å². The van der Waals surface area contributed by atoms with Crippen LogP contribution >= 0.6 is 0 Å². The highest BCUT2D eigenvalue weighted by Crippen LogP contribution is 2.63. The molecule has 0 amide bonds. The van der Waals surface area contributed by atoms with E-state index in [9.17, 15) is 0 Å². The van der Waals surface area contributed by atoms with Crippen molar-refractivity contribution in [2.45, 2.75) is 62.7 Å². The fraction of sp³-hybridized carbons (Fsp3) is 0.180. The van der Waals surface area contributed by atoms with E-state index in [1.54, 1.807) is 11.1 Å². The summed E-state index contributed by atoms with van der Waals surface area (Å²) in [5, 5.41) is 0. The number of allylic oxidation sites excluding steroid dienone is 4. The first-order valence-electron chi connectivity index (χ1n) is 22.9. The van der Waals surface area contributed by atoms with Crippen LogP contribution in [0, 0.1) is 5.92 Å². The smallest absolute Gasteiger partial charge is 0.0973 e. The van der Waals surface area contributed by atoms with Crippen molar-refractivity contribution in [2.24, 2.45) is 5.92 Å². The first-order chi connectivity index (χ1) is 31.0. The molecule has 0 aliphatic heterocycles. The predicted molar refractivity (Wildman–Crippen MR) is 261 cm³/mol. The van der Waals surface area contributed by atoms with Crippen LogP contribution in [0.15, 0.2) is 200 Å². The molecule has 0 saturated heterocycles. The summed E-state index contributed by atoms with van der Waals surface area (Å²) in [7, 11) is 0. The summed E-state index contributed by atoms with van der Waals surface area (Å²) in [5.41, 5.74) is 22.1. The van der Waals surface area contributed by atoms with Gasteiger partial charge in [0.25, 0.3) is 0 Å². The van der Waals surface area contributed by atoms with Crippen molar-refractivity contribution in [2.75, 3.05) is 0 Å². The highest BCUT2D eigenvalue weighted by Gasteiger charge is 2.52. The average molecular weight is 811 g/mol. The van der Waals surface area contributed by atoms with Gasteiger partial charge in [-0.2, -0.15) is 0 Å². The van der Waals surface area contributed by atoms with Crippen molar-refractivity contribution in [3.05, 3.63) is 222 Å². The Hall–Kier alpha value is -6.90. The number of benzene rings is 7. The minimum Gasteiger partial charge on any atom is -0.243 e. The molecule has 2 unspecified atom stereocenters. The van der Waals surface area contributed by atoms with Gasteiger partial charge in [0.05, 0.1) is 22.8 Å². The summed E-state index contributed by atoms with van der Waals surface area (Å²) in [4.78, 5) is 10.9. The second kappa shape index (κ2) is 14.9. The van der Waals surface area contributed by atoms with Gasteiger partial charge in [0, 0.05) is 33.6 Å². The van der Waals surface area contributed by atoms with Crippen LogP contribution in [0.1, 0.15) is 74.1 Å². The fourth-order valence-electron chi connectivity index (χ4n) is 11.8. The molecule has 1 fully saturated rings. The van der Waals surface area contributed by atoms with E-state index in [1.807, 2.05) is 12.1 Å². The lowest BCUT2D eigenvalue weighted by atomic mass is 9.64. The molecule has 7 aromatic carbocycles.